The van der Waals surface area contributed by atoms with Crippen LogP contribution in [-0.4, -0.2) is 35.7 Å². The zero-order chi connectivity index (χ0) is 25.8. The number of carbonyl (C=O) groups excluding carboxylic acids is 1. The lowest BCUT2D eigenvalue weighted by molar-refractivity contribution is -0.137. The number of amidine groups is 1. The molecule has 1 aliphatic heterocycles. The summed E-state index contributed by atoms with van der Waals surface area (Å²) in [6, 6.07) is 5.03. The molecular formula is C23H17F7N4O. The maximum Gasteiger partial charge on any atom is 0.416 e. The minimum atomic E-state index is -4.77. The van der Waals surface area contributed by atoms with Crippen LogP contribution in [0, 0.1) is 5.95 Å². The van der Waals surface area contributed by atoms with Crippen LogP contribution in [0.5, 0.6) is 0 Å². The van der Waals surface area contributed by atoms with Crippen molar-refractivity contribution in [3.05, 3.63) is 82.5 Å². The first-order valence-electron chi connectivity index (χ1n) is 10.0. The number of aromatic nitrogens is 1. The Morgan fingerprint density at radius 3 is 2.40 bits per heavy atom. The molecule has 1 aliphatic rings. The summed E-state index contributed by atoms with van der Waals surface area (Å²) < 4.78 is 90.8. The predicted octanol–water partition coefficient (Wildman–Crippen LogP) is 5.06. The Kier molecular flexibility index (Phi) is 7.51. The number of nitrogens with zero attached hydrogens (tertiary/aromatic N) is 3. The molecule has 0 spiro atoms. The topological polar surface area (TPSA) is 80.7 Å². The van der Waals surface area contributed by atoms with Gasteiger partial charge in [-0.2, -0.15) is 30.7 Å². The van der Waals surface area contributed by atoms with E-state index in [1.54, 1.807) is 0 Å². The van der Waals surface area contributed by atoms with E-state index in [9.17, 15) is 35.5 Å². The Bertz CT molecular complexity index is 1240. The Balaban J connectivity index is 1.86. The summed E-state index contributed by atoms with van der Waals surface area (Å²) in [6.07, 6.45) is -5.98. The van der Waals surface area contributed by atoms with E-state index in [4.69, 9.17) is 5.73 Å². The average Bonchev–Trinajstić information content (AvgIpc) is 2.77. The number of aliphatic imine (C=N–C) groups is 2. The van der Waals surface area contributed by atoms with Gasteiger partial charge in [-0.25, -0.2) is 9.98 Å². The van der Waals surface area contributed by atoms with Crippen LogP contribution in [0.25, 0.3) is 5.57 Å². The SMILES string of the molecule is NC(=O)/C(=C\C=C1/C=NC(c2cc(CCC(F)(F)F)cc(C(F)(F)F)c2)=NC1)c1ccnc(F)c1. The first-order chi connectivity index (χ1) is 16.3. The lowest BCUT2D eigenvalue weighted by atomic mass is 10.0. The summed E-state index contributed by atoms with van der Waals surface area (Å²) in [6.45, 7) is -0.0415. The third-order valence-electron chi connectivity index (χ3n) is 4.81. The molecule has 5 nitrogen and oxygen atoms in total. The second kappa shape index (κ2) is 10.2. The molecule has 2 N–H and O–H groups in total. The maximum absolute atomic E-state index is 13.4. The number of carbonyl (C=O) groups is 1. The second-order valence-corrected chi connectivity index (χ2v) is 7.48. The van der Waals surface area contributed by atoms with Crippen LogP contribution in [0.3, 0.4) is 0 Å². The number of aryl methyl sites for hydroxylation is 1. The molecule has 0 aliphatic carbocycles. The molecule has 35 heavy (non-hydrogen) atoms. The van der Waals surface area contributed by atoms with Crippen molar-refractivity contribution < 1.29 is 35.5 Å². The van der Waals surface area contributed by atoms with Crippen molar-refractivity contribution in [3.63, 3.8) is 0 Å². The van der Waals surface area contributed by atoms with Gasteiger partial charge in [-0.3, -0.25) is 9.79 Å². The number of hydrogen-bond donors (Lipinski definition) is 1. The molecule has 12 heteroatoms. The fraction of sp³-hybridized carbons (Fsp3) is 0.217. The van der Waals surface area contributed by atoms with E-state index >= 15 is 0 Å². The number of rotatable bonds is 6. The molecule has 3 rings (SSSR count). The van der Waals surface area contributed by atoms with Crippen LogP contribution in [0.15, 0.2) is 64.2 Å². The van der Waals surface area contributed by atoms with E-state index in [-0.39, 0.29) is 34.6 Å². The standard InChI is InChI=1S/C23H17F7N4O/c24-19-10-15(4-6-32-19)18(20(31)35)2-1-14-11-33-21(34-12-14)16-7-13(3-5-22(25,26)27)8-17(9-16)23(28,29)30/h1-2,4,6-11H,3,5,12H2,(H2,31,35)/b14-1+,18-2-. The molecule has 0 saturated carbocycles. The maximum atomic E-state index is 13.4. The number of amides is 1. The van der Waals surface area contributed by atoms with Gasteiger partial charge in [0.1, 0.15) is 0 Å². The zero-order valence-electron chi connectivity index (χ0n) is 17.8. The second-order valence-electron chi connectivity index (χ2n) is 7.48. The Morgan fingerprint density at radius 2 is 1.83 bits per heavy atom. The van der Waals surface area contributed by atoms with Gasteiger partial charge in [0.2, 0.25) is 11.9 Å². The van der Waals surface area contributed by atoms with Crippen LogP contribution in [-0.2, 0) is 17.4 Å². The highest BCUT2D eigenvalue weighted by molar-refractivity contribution is 6.19. The molecule has 0 saturated heterocycles. The number of benzene rings is 1. The van der Waals surface area contributed by atoms with Gasteiger partial charge in [0.15, 0.2) is 5.84 Å². The summed E-state index contributed by atoms with van der Waals surface area (Å²) in [5, 5.41) is 0. The zero-order valence-corrected chi connectivity index (χ0v) is 17.8. The Labute approximate surface area is 194 Å². The van der Waals surface area contributed by atoms with Crippen molar-refractivity contribution in [2.75, 3.05) is 6.54 Å². The highest BCUT2D eigenvalue weighted by Crippen LogP contribution is 2.32. The average molecular weight is 498 g/mol. The Morgan fingerprint density at radius 1 is 1.09 bits per heavy atom. The summed E-state index contributed by atoms with van der Waals surface area (Å²) in [4.78, 5) is 23.3. The number of alkyl halides is 6. The number of primary amides is 1. The van der Waals surface area contributed by atoms with Crippen LogP contribution in [0.1, 0.15) is 28.7 Å². The molecule has 0 bridgehead atoms. The van der Waals surface area contributed by atoms with Crippen LogP contribution >= 0.6 is 0 Å². The fourth-order valence-electron chi connectivity index (χ4n) is 3.15. The molecule has 0 unspecified atom stereocenters. The third kappa shape index (κ3) is 7.33. The van der Waals surface area contributed by atoms with Gasteiger partial charge in [-0.15, -0.1) is 0 Å². The van der Waals surface area contributed by atoms with E-state index in [0.717, 1.165) is 18.3 Å². The number of nitrogens with two attached hydrogens (primary N) is 1. The van der Waals surface area contributed by atoms with Gasteiger partial charge in [0.25, 0.3) is 0 Å². The van der Waals surface area contributed by atoms with Crippen LogP contribution in [0.2, 0.25) is 0 Å². The lowest BCUT2D eigenvalue weighted by Gasteiger charge is -2.14. The smallest absolute Gasteiger partial charge is 0.366 e. The quantitative estimate of drug-likeness (QED) is 0.343. The van der Waals surface area contributed by atoms with Gasteiger partial charge in [-0.1, -0.05) is 6.08 Å². The number of halogens is 7. The molecular weight excluding hydrogens is 481 g/mol. The molecule has 1 aromatic carbocycles. The fourth-order valence-corrected chi connectivity index (χ4v) is 3.15. The first-order valence-corrected chi connectivity index (χ1v) is 10.0. The Hall–Kier alpha value is -3.83. The van der Waals surface area contributed by atoms with Crippen LogP contribution < -0.4 is 5.73 Å². The molecule has 2 heterocycles. The van der Waals surface area contributed by atoms with Crippen molar-refractivity contribution >= 4 is 23.5 Å². The van der Waals surface area contributed by atoms with E-state index in [0.29, 0.717) is 11.6 Å². The summed E-state index contributed by atoms with van der Waals surface area (Å²) in [7, 11) is 0. The van der Waals surface area contributed by atoms with E-state index in [1.165, 1.54) is 30.5 Å². The highest BCUT2D eigenvalue weighted by Gasteiger charge is 2.32. The highest BCUT2D eigenvalue weighted by atomic mass is 19.4. The predicted molar refractivity (Wildman–Crippen MR) is 115 cm³/mol. The summed E-state index contributed by atoms with van der Waals surface area (Å²) >= 11 is 0. The summed E-state index contributed by atoms with van der Waals surface area (Å²) in [5.74, 6) is -1.73. The number of allylic oxidation sites excluding steroid dienone is 2. The largest absolute Gasteiger partial charge is 0.416 e. The van der Waals surface area contributed by atoms with Gasteiger partial charge in [0, 0.05) is 36.0 Å². The van der Waals surface area contributed by atoms with Crippen LogP contribution in [0.4, 0.5) is 30.7 Å². The minimum absolute atomic E-state index is 0.0193. The van der Waals surface area contributed by atoms with Crippen molar-refractivity contribution in [3.8, 4) is 0 Å². The summed E-state index contributed by atoms with van der Waals surface area (Å²) in [5.41, 5.74) is 4.63. The van der Waals surface area contributed by atoms with Crippen molar-refractivity contribution in [2.24, 2.45) is 15.7 Å². The molecule has 2 aromatic rings. The van der Waals surface area contributed by atoms with Crippen molar-refractivity contribution in [2.45, 2.75) is 25.2 Å². The van der Waals surface area contributed by atoms with Gasteiger partial charge >= 0.3 is 12.4 Å². The van der Waals surface area contributed by atoms with E-state index < -0.39 is 42.6 Å². The van der Waals surface area contributed by atoms with Gasteiger partial charge in [0.05, 0.1) is 12.1 Å². The molecule has 184 valence electrons. The van der Waals surface area contributed by atoms with Gasteiger partial charge in [-0.05, 0) is 53.5 Å². The number of hydrogen-bond acceptors (Lipinski definition) is 4. The monoisotopic (exact) mass is 498 g/mol. The van der Waals surface area contributed by atoms with E-state index in [1.807, 2.05) is 0 Å². The first kappa shape index (κ1) is 25.8. The van der Waals surface area contributed by atoms with Gasteiger partial charge < -0.3 is 5.73 Å². The number of pyridine rings is 1. The normalized spacial score (nSPS) is 15.9. The molecule has 1 amide bonds. The molecule has 0 radical (unpaired) electrons. The molecule has 1 aromatic heterocycles. The molecule has 0 atom stereocenters. The van der Waals surface area contributed by atoms with Crippen molar-refractivity contribution in [1.82, 2.24) is 4.98 Å². The lowest BCUT2D eigenvalue weighted by Crippen LogP contribution is -2.14. The van der Waals surface area contributed by atoms with E-state index in [2.05, 4.69) is 15.0 Å². The third-order valence-corrected chi connectivity index (χ3v) is 4.81. The minimum Gasteiger partial charge on any atom is -0.366 e. The molecule has 0 fully saturated rings. The van der Waals surface area contributed by atoms with Crippen molar-refractivity contribution in [1.29, 1.82) is 0 Å².